The van der Waals surface area contributed by atoms with Crippen molar-refractivity contribution in [3.05, 3.63) is 23.3 Å². The molecule has 1 rings (SSSR count). The fraction of sp³-hybridized carbons (Fsp3) is 0.400. The van der Waals surface area contributed by atoms with Crippen molar-refractivity contribution < 1.29 is 31.1 Å². The summed E-state index contributed by atoms with van der Waals surface area (Å²) in [6.45, 7) is 0. The van der Waals surface area contributed by atoms with E-state index in [0.29, 0.717) is 0 Å². The highest BCUT2D eigenvalue weighted by Crippen LogP contribution is 2.41. The van der Waals surface area contributed by atoms with E-state index >= 15 is 0 Å². The maximum absolute atomic E-state index is 12.8. The van der Waals surface area contributed by atoms with E-state index in [0.717, 1.165) is 19.2 Å². The molecule has 0 aliphatic rings. The van der Waals surface area contributed by atoms with Gasteiger partial charge in [-0.15, -0.1) is 0 Å². The Hall–Kier alpha value is -1.15. The van der Waals surface area contributed by atoms with E-state index in [-0.39, 0.29) is 11.3 Å². The second-order valence-electron chi connectivity index (χ2n) is 3.55. The number of rotatable bonds is 4. The Balaban J connectivity index is 3.52. The van der Waals surface area contributed by atoms with Gasteiger partial charge in [-0.05, 0) is 12.1 Å². The molecule has 0 amide bonds. The lowest BCUT2D eigenvalue weighted by atomic mass is 10.1. The number of methoxy groups -OCH3 is 2. The molecular weight excluding hydrogens is 309 g/mol. The highest BCUT2D eigenvalue weighted by molar-refractivity contribution is 8.13. The van der Waals surface area contributed by atoms with Crippen LogP contribution in [0.15, 0.2) is 12.1 Å². The van der Waals surface area contributed by atoms with Crippen molar-refractivity contribution >= 4 is 19.7 Å². The average Bonchev–Trinajstić information content (AvgIpc) is 2.24. The molecular formula is C10H10ClF3O4S. The smallest absolute Gasteiger partial charge is 0.420 e. The first kappa shape index (κ1) is 15.9. The van der Waals surface area contributed by atoms with Crippen LogP contribution in [0.2, 0.25) is 0 Å². The first-order chi connectivity index (χ1) is 8.58. The van der Waals surface area contributed by atoms with Crippen LogP contribution in [-0.4, -0.2) is 22.6 Å². The monoisotopic (exact) mass is 318 g/mol. The zero-order valence-electron chi connectivity index (χ0n) is 9.91. The molecule has 0 N–H and O–H groups in total. The van der Waals surface area contributed by atoms with Gasteiger partial charge < -0.3 is 9.47 Å². The van der Waals surface area contributed by atoms with Gasteiger partial charge in [0, 0.05) is 16.2 Å². The molecule has 0 fully saturated rings. The molecule has 9 heteroatoms. The third kappa shape index (κ3) is 4.17. The van der Waals surface area contributed by atoms with Crippen molar-refractivity contribution in [2.75, 3.05) is 14.2 Å². The minimum absolute atomic E-state index is 0.136. The zero-order valence-corrected chi connectivity index (χ0v) is 11.5. The molecule has 0 saturated heterocycles. The molecule has 0 saturated carbocycles. The Morgan fingerprint density at radius 1 is 1.21 bits per heavy atom. The fourth-order valence-electron chi connectivity index (χ4n) is 1.52. The van der Waals surface area contributed by atoms with Crippen molar-refractivity contribution in [3.63, 3.8) is 0 Å². The summed E-state index contributed by atoms with van der Waals surface area (Å²) < 4.78 is 69.9. The minimum Gasteiger partial charge on any atom is -0.497 e. The van der Waals surface area contributed by atoms with E-state index in [2.05, 4.69) is 4.74 Å². The largest absolute Gasteiger partial charge is 0.497 e. The van der Waals surface area contributed by atoms with Crippen LogP contribution >= 0.6 is 10.7 Å². The van der Waals surface area contributed by atoms with Crippen molar-refractivity contribution in [3.8, 4) is 11.5 Å². The summed E-state index contributed by atoms with van der Waals surface area (Å²) in [5, 5.41) is 0. The Morgan fingerprint density at radius 3 is 2.16 bits per heavy atom. The molecule has 4 nitrogen and oxygen atoms in total. The molecule has 0 spiro atoms. The summed E-state index contributed by atoms with van der Waals surface area (Å²) in [7, 11) is 3.21. The van der Waals surface area contributed by atoms with E-state index in [9.17, 15) is 21.6 Å². The molecule has 0 unspecified atom stereocenters. The maximum Gasteiger partial charge on any atom is 0.420 e. The molecule has 1 aromatic rings. The molecule has 0 heterocycles. The third-order valence-electron chi connectivity index (χ3n) is 2.21. The van der Waals surface area contributed by atoms with Gasteiger partial charge in [0.2, 0.25) is 9.05 Å². The number of benzene rings is 1. The summed E-state index contributed by atoms with van der Waals surface area (Å²) in [5.41, 5.74) is -1.34. The molecule has 0 aliphatic heterocycles. The van der Waals surface area contributed by atoms with Crippen molar-refractivity contribution in [1.29, 1.82) is 0 Å². The molecule has 0 radical (unpaired) electrons. The van der Waals surface area contributed by atoms with Crippen LogP contribution in [0.5, 0.6) is 11.5 Å². The number of hydrogen-bond acceptors (Lipinski definition) is 4. The third-order valence-corrected chi connectivity index (χ3v) is 3.20. The molecule has 0 atom stereocenters. The number of alkyl halides is 3. The minimum atomic E-state index is -4.70. The highest BCUT2D eigenvalue weighted by Gasteiger charge is 2.36. The lowest BCUT2D eigenvalue weighted by Gasteiger charge is -2.16. The summed E-state index contributed by atoms with van der Waals surface area (Å²) in [5.74, 6) is -1.51. The van der Waals surface area contributed by atoms with E-state index in [4.69, 9.17) is 15.4 Å². The molecule has 19 heavy (non-hydrogen) atoms. The predicted octanol–water partition coefficient (Wildman–Crippen LogP) is 2.79. The van der Waals surface area contributed by atoms with Gasteiger partial charge >= 0.3 is 6.18 Å². The Bertz CT molecular complexity index is 569. The molecule has 0 bridgehead atoms. The zero-order chi connectivity index (χ0) is 14.8. The second kappa shape index (κ2) is 5.46. The van der Waals surface area contributed by atoms with Gasteiger partial charge in [-0.25, -0.2) is 8.42 Å². The van der Waals surface area contributed by atoms with Crippen LogP contribution < -0.4 is 9.47 Å². The summed E-state index contributed by atoms with van der Waals surface area (Å²) >= 11 is 0. The van der Waals surface area contributed by atoms with Crippen LogP contribution in [0.4, 0.5) is 13.2 Å². The van der Waals surface area contributed by atoms with Gasteiger partial charge in [-0.2, -0.15) is 13.2 Å². The number of halogens is 4. The first-order valence-electron chi connectivity index (χ1n) is 4.83. The summed E-state index contributed by atoms with van der Waals surface area (Å²) in [6.07, 6.45) is -4.70. The van der Waals surface area contributed by atoms with E-state index < -0.39 is 32.3 Å². The molecule has 0 aliphatic carbocycles. The number of hydrogen-bond donors (Lipinski definition) is 0. The SMILES string of the molecule is COc1cc(CS(=O)(=O)Cl)c(OC)c(C(F)(F)F)c1. The predicted molar refractivity (Wildman–Crippen MR) is 63.0 cm³/mol. The second-order valence-corrected chi connectivity index (χ2v) is 6.33. The van der Waals surface area contributed by atoms with Crippen molar-refractivity contribution in [2.45, 2.75) is 11.9 Å². The van der Waals surface area contributed by atoms with Gasteiger partial charge in [0.15, 0.2) is 0 Å². The molecule has 108 valence electrons. The summed E-state index contributed by atoms with van der Waals surface area (Å²) in [6, 6.07) is 1.86. The van der Waals surface area contributed by atoms with E-state index in [1.54, 1.807) is 0 Å². The first-order valence-corrected chi connectivity index (χ1v) is 7.30. The average molecular weight is 319 g/mol. The fourth-order valence-corrected chi connectivity index (χ4v) is 2.46. The van der Waals surface area contributed by atoms with Gasteiger partial charge in [0.1, 0.15) is 17.1 Å². The Labute approximate surface area is 112 Å². The van der Waals surface area contributed by atoms with Crippen LogP contribution in [0.25, 0.3) is 0 Å². The molecule has 0 aromatic heterocycles. The summed E-state index contributed by atoms with van der Waals surface area (Å²) in [4.78, 5) is 0. The Kier molecular flexibility index (Phi) is 4.57. The maximum atomic E-state index is 12.8. The van der Waals surface area contributed by atoms with Gasteiger partial charge in [-0.1, -0.05) is 0 Å². The standard InChI is InChI=1S/C10H10ClF3O4S/c1-17-7-3-6(5-19(11,15)16)9(18-2)8(4-7)10(12,13)14/h3-4H,5H2,1-2H3. The Morgan fingerprint density at radius 2 is 1.79 bits per heavy atom. The van der Waals surface area contributed by atoms with Crippen LogP contribution in [-0.2, 0) is 21.0 Å². The van der Waals surface area contributed by atoms with Crippen molar-refractivity contribution in [1.82, 2.24) is 0 Å². The van der Waals surface area contributed by atoms with Gasteiger partial charge in [-0.3, -0.25) is 0 Å². The van der Waals surface area contributed by atoms with Crippen LogP contribution in [0.1, 0.15) is 11.1 Å². The van der Waals surface area contributed by atoms with Crippen LogP contribution in [0, 0.1) is 0 Å². The van der Waals surface area contributed by atoms with E-state index in [1.165, 1.54) is 7.11 Å². The van der Waals surface area contributed by atoms with E-state index in [1.807, 2.05) is 0 Å². The highest BCUT2D eigenvalue weighted by atomic mass is 35.7. The van der Waals surface area contributed by atoms with Gasteiger partial charge in [0.05, 0.1) is 20.0 Å². The number of ether oxygens (including phenoxy) is 2. The van der Waals surface area contributed by atoms with Gasteiger partial charge in [0.25, 0.3) is 0 Å². The van der Waals surface area contributed by atoms with Crippen molar-refractivity contribution in [2.24, 2.45) is 0 Å². The lowest BCUT2D eigenvalue weighted by Crippen LogP contribution is -2.11. The van der Waals surface area contributed by atoms with Crippen LogP contribution in [0.3, 0.4) is 0 Å². The lowest BCUT2D eigenvalue weighted by molar-refractivity contribution is -0.138. The molecule has 1 aromatic carbocycles. The quantitative estimate of drug-likeness (QED) is 0.801. The normalized spacial score (nSPS) is 12.3. The topological polar surface area (TPSA) is 52.6 Å².